The number of urea groups is 1. The van der Waals surface area contributed by atoms with Crippen molar-refractivity contribution in [3.63, 3.8) is 0 Å². The zero-order valence-electron chi connectivity index (χ0n) is 15.8. The van der Waals surface area contributed by atoms with Crippen LogP contribution in [-0.2, 0) is 11.2 Å². The van der Waals surface area contributed by atoms with Gasteiger partial charge in [-0.2, -0.15) is 0 Å². The minimum Gasteiger partial charge on any atom is -0.338 e. The summed E-state index contributed by atoms with van der Waals surface area (Å²) in [5.74, 6) is 0.564. The van der Waals surface area contributed by atoms with Crippen LogP contribution in [0.5, 0.6) is 0 Å². The van der Waals surface area contributed by atoms with Crippen LogP contribution >= 0.6 is 12.4 Å². The monoisotopic (exact) mass is 392 g/mol. The maximum Gasteiger partial charge on any atom is 0.321 e. The van der Waals surface area contributed by atoms with E-state index in [0.29, 0.717) is 37.5 Å². The Balaban J connectivity index is 0.00000210. The molecule has 2 bridgehead atoms. The third-order valence-electron chi connectivity index (χ3n) is 5.88. The summed E-state index contributed by atoms with van der Waals surface area (Å²) >= 11 is 0. The van der Waals surface area contributed by atoms with E-state index in [1.165, 1.54) is 12.8 Å². The quantitative estimate of drug-likeness (QED) is 0.737. The van der Waals surface area contributed by atoms with E-state index in [-0.39, 0.29) is 24.3 Å². The summed E-state index contributed by atoms with van der Waals surface area (Å²) in [7, 11) is 0. The van der Waals surface area contributed by atoms with Crippen LogP contribution in [0, 0.1) is 5.92 Å². The van der Waals surface area contributed by atoms with Gasteiger partial charge in [-0.1, -0.05) is 6.07 Å². The van der Waals surface area contributed by atoms with Crippen LogP contribution in [0.25, 0.3) is 0 Å². The van der Waals surface area contributed by atoms with Crippen LogP contribution in [-0.4, -0.2) is 37.1 Å². The summed E-state index contributed by atoms with van der Waals surface area (Å²) in [5.41, 5.74) is 2.85. The van der Waals surface area contributed by atoms with Gasteiger partial charge >= 0.3 is 6.03 Å². The lowest BCUT2D eigenvalue weighted by molar-refractivity contribution is -0.117. The van der Waals surface area contributed by atoms with Gasteiger partial charge in [0.1, 0.15) is 0 Å². The Morgan fingerprint density at radius 2 is 1.96 bits per heavy atom. The average Bonchev–Trinajstić information content (AvgIpc) is 3.17. The normalized spacial score (nSPS) is 25.5. The van der Waals surface area contributed by atoms with Crippen molar-refractivity contribution >= 4 is 35.7 Å². The summed E-state index contributed by atoms with van der Waals surface area (Å²) in [4.78, 5) is 26.5. The lowest BCUT2D eigenvalue weighted by Gasteiger charge is -2.28. The summed E-state index contributed by atoms with van der Waals surface area (Å²) < 4.78 is 0. The Bertz CT molecular complexity index is 699. The number of benzene rings is 1. The van der Waals surface area contributed by atoms with Crippen molar-refractivity contribution in [2.75, 3.05) is 23.3 Å². The van der Waals surface area contributed by atoms with E-state index in [1.54, 1.807) is 4.90 Å². The molecule has 3 amide bonds. The molecule has 0 aromatic heterocycles. The van der Waals surface area contributed by atoms with Crippen LogP contribution in [0.4, 0.5) is 16.2 Å². The maximum atomic E-state index is 12.5. The maximum absolute atomic E-state index is 12.5. The summed E-state index contributed by atoms with van der Waals surface area (Å²) in [5, 5.41) is 9.52. The Kier molecular flexibility index (Phi) is 6.27. The van der Waals surface area contributed by atoms with Crippen molar-refractivity contribution in [2.45, 2.75) is 57.5 Å². The highest BCUT2D eigenvalue weighted by atomic mass is 35.5. The van der Waals surface area contributed by atoms with Crippen molar-refractivity contribution < 1.29 is 9.59 Å². The van der Waals surface area contributed by atoms with Gasteiger partial charge in [0.05, 0.1) is 5.69 Å². The molecule has 148 valence electrons. The van der Waals surface area contributed by atoms with Crippen LogP contribution in [0.2, 0.25) is 0 Å². The lowest BCUT2D eigenvalue weighted by atomic mass is 9.89. The molecule has 2 atom stereocenters. The summed E-state index contributed by atoms with van der Waals surface area (Å²) in [6.45, 7) is 3.22. The van der Waals surface area contributed by atoms with Gasteiger partial charge < -0.3 is 16.0 Å². The number of anilines is 2. The molecule has 3 N–H and O–H groups in total. The largest absolute Gasteiger partial charge is 0.338 e. The smallest absolute Gasteiger partial charge is 0.321 e. The van der Waals surface area contributed by atoms with Gasteiger partial charge in [0.15, 0.2) is 0 Å². The van der Waals surface area contributed by atoms with Crippen molar-refractivity contribution in [3.05, 3.63) is 23.8 Å². The lowest BCUT2D eigenvalue weighted by Crippen LogP contribution is -2.39. The average molecular weight is 393 g/mol. The van der Waals surface area contributed by atoms with E-state index in [2.05, 4.69) is 16.0 Å². The van der Waals surface area contributed by atoms with Crippen LogP contribution in [0.15, 0.2) is 18.2 Å². The van der Waals surface area contributed by atoms with Gasteiger partial charge in [-0.25, -0.2) is 4.79 Å². The van der Waals surface area contributed by atoms with E-state index >= 15 is 0 Å². The number of nitrogens with one attached hydrogen (secondary N) is 3. The number of hydrogen-bond acceptors (Lipinski definition) is 3. The molecule has 0 aliphatic carbocycles. The van der Waals surface area contributed by atoms with Gasteiger partial charge in [-0.3, -0.25) is 9.69 Å². The molecule has 3 aliphatic rings. The molecule has 6 nitrogen and oxygen atoms in total. The van der Waals surface area contributed by atoms with Crippen molar-refractivity contribution in [3.8, 4) is 0 Å². The van der Waals surface area contributed by atoms with Gasteiger partial charge in [0, 0.05) is 37.3 Å². The molecule has 0 saturated carbocycles. The number of carbonyl (C=O) groups excluding carboxylic acids is 2. The molecule has 3 aliphatic heterocycles. The van der Waals surface area contributed by atoms with Gasteiger partial charge in [-0.05, 0) is 62.6 Å². The van der Waals surface area contributed by atoms with E-state index in [4.69, 9.17) is 0 Å². The Labute approximate surface area is 166 Å². The first-order chi connectivity index (χ1) is 12.6. The number of hydrogen-bond donors (Lipinski definition) is 3. The fraction of sp³-hybridized carbons (Fsp3) is 0.600. The highest BCUT2D eigenvalue weighted by Gasteiger charge is 2.34. The highest BCUT2D eigenvalue weighted by Crippen LogP contribution is 2.34. The number of amides is 3. The van der Waals surface area contributed by atoms with Gasteiger partial charge in [0.2, 0.25) is 5.91 Å². The van der Waals surface area contributed by atoms with E-state index in [1.807, 2.05) is 25.1 Å². The molecule has 1 aromatic rings. The fourth-order valence-corrected chi connectivity index (χ4v) is 4.73. The molecule has 1 aromatic carbocycles. The second-order valence-corrected chi connectivity index (χ2v) is 7.81. The molecule has 7 heteroatoms. The summed E-state index contributed by atoms with van der Waals surface area (Å²) in [6.07, 6.45) is 6.18. The number of carbonyl (C=O) groups is 2. The van der Waals surface area contributed by atoms with Crippen LogP contribution in [0.1, 0.15) is 44.6 Å². The first-order valence-electron chi connectivity index (χ1n) is 9.86. The molecule has 0 radical (unpaired) electrons. The Morgan fingerprint density at radius 1 is 1.22 bits per heavy atom. The zero-order chi connectivity index (χ0) is 18.1. The molecular formula is C20H29ClN4O2. The SMILES string of the molecule is CCNC(=O)N1CCc2ccc(NC(=O)CC3CC4CCC(C3)N4)cc21.Cl. The Morgan fingerprint density at radius 3 is 2.67 bits per heavy atom. The number of halogens is 1. The topological polar surface area (TPSA) is 73.5 Å². The molecular weight excluding hydrogens is 364 g/mol. The van der Waals surface area contributed by atoms with Crippen molar-refractivity contribution in [1.82, 2.24) is 10.6 Å². The van der Waals surface area contributed by atoms with Gasteiger partial charge in [0.25, 0.3) is 0 Å². The van der Waals surface area contributed by atoms with E-state index in [0.717, 1.165) is 36.2 Å². The standard InChI is InChI=1S/C20H28N4O2.ClH/c1-2-21-20(26)24-8-7-14-3-4-17(12-18(14)24)23-19(25)11-13-9-15-5-6-16(10-13)22-15;/h3-4,12-13,15-16,22H,2,5-11H2,1H3,(H,21,26)(H,23,25);1H. The highest BCUT2D eigenvalue weighted by molar-refractivity contribution is 5.96. The number of nitrogens with zero attached hydrogens (tertiary/aromatic N) is 1. The number of fused-ring (bicyclic) bond motifs is 3. The molecule has 2 fully saturated rings. The number of piperidine rings is 1. The Hall–Kier alpha value is -1.79. The fourth-order valence-electron chi connectivity index (χ4n) is 4.73. The minimum absolute atomic E-state index is 0. The van der Waals surface area contributed by atoms with Crippen LogP contribution in [0.3, 0.4) is 0 Å². The van der Waals surface area contributed by atoms with Crippen LogP contribution < -0.4 is 20.9 Å². The first-order valence-corrected chi connectivity index (χ1v) is 9.86. The molecule has 3 heterocycles. The van der Waals surface area contributed by atoms with Gasteiger partial charge in [-0.15, -0.1) is 12.4 Å². The van der Waals surface area contributed by atoms with E-state index in [9.17, 15) is 9.59 Å². The van der Waals surface area contributed by atoms with Crippen molar-refractivity contribution in [1.29, 1.82) is 0 Å². The third kappa shape index (κ3) is 4.38. The van der Waals surface area contributed by atoms with Crippen molar-refractivity contribution in [2.24, 2.45) is 5.92 Å². The molecule has 4 rings (SSSR count). The third-order valence-corrected chi connectivity index (χ3v) is 5.88. The summed E-state index contributed by atoms with van der Waals surface area (Å²) in [6, 6.07) is 7.05. The molecule has 0 spiro atoms. The van der Waals surface area contributed by atoms with E-state index < -0.39 is 0 Å². The minimum atomic E-state index is -0.0695. The zero-order valence-corrected chi connectivity index (χ0v) is 16.6. The predicted molar refractivity (Wildman–Crippen MR) is 110 cm³/mol. The second kappa shape index (κ2) is 8.48. The second-order valence-electron chi connectivity index (χ2n) is 7.81. The first kappa shape index (κ1) is 20.0. The predicted octanol–water partition coefficient (Wildman–Crippen LogP) is 3.06. The molecule has 2 unspecified atom stereocenters. The molecule has 27 heavy (non-hydrogen) atoms. The number of rotatable bonds is 4. The molecule has 2 saturated heterocycles.